The van der Waals surface area contributed by atoms with E-state index in [2.05, 4.69) is 15.3 Å². The van der Waals surface area contributed by atoms with E-state index in [0.717, 1.165) is 12.8 Å². The minimum Gasteiger partial charge on any atom is -0.440 e. The van der Waals surface area contributed by atoms with Gasteiger partial charge in [0, 0.05) is 17.9 Å². The van der Waals surface area contributed by atoms with Gasteiger partial charge in [0.05, 0.1) is 29.6 Å². The predicted octanol–water partition coefficient (Wildman–Crippen LogP) is 2.32. The molecule has 0 bridgehead atoms. The van der Waals surface area contributed by atoms with Gasteiger partial charge in [0.2, 0.25) is 5.78 Å². The second kappa shape index (κ2) is 8.24. The highest BCUT2D eigenvalue weighted by atomic mass is 19.1. The Labute approximate surface area is 199 Å². The van der Waals surface area contributed by atoms with Crippen LogP contribution in [0.15, 0.2) is 64.7 Å². The van der Waals surface area contributed by atoms with Crippen LogP contribution in [0.1, 0.15) is 29.8 Å². The summed E-state index contributed by atoms with van der Waals surface area (Å²) in [6.45, 7) is 0.454. The number of piperidine rings is 1. The second-order valence-corrected chi connectivity index (χ2v) is 9.46. The summed E-state index contributed by atoms with van der Waals surface area (Å²) in [6.07, 6.45) is 7.92. The van der Waals surface area contributed by atoms with Crippen LogP contribution in [-0.4, -0.2) is 48.2 Å². The summed E-state index contributed by atoms with van der Waals surface area (Å²) in [5, 5.41) is 15.6. The average Bonchev–Trinajstić information content (AvgIpc) is 3.36. The summed E-state index contributed by atoms with van der Waals surface area (Å²) in [6, 6.07) is 7.35. The van der Waals surface area contributed by atoms with Gasteiger partial charge in [-0.2, -0.15) is 0 Å². The Balaban J connectivity index is 1.37. The minimum atomic E-state index is -1.47. The zero-order valence-corrected chi connectivity index (χ0v) is 18.8. The summed E-state index contributed by atoms with van der Waals surface area (Å²) in [7, 11) is 0. The number of carbonyl (C=O) groups excluding carboxylic acids is 1. The van der Waals surface area contributed by atoms with Crippen molar-refractivity contribution in [3.05, 3.63) is 77.4 Å². The topological polar surface area (TPSA) is 115 Å². The molecule has 0 amide bonds. The fraction of sp³-hybridized carbons (Fsp3) is 0.360. The lowest BCUT2D eigenvalue weighted by atomic mass is 9.72. The molecule has 4 heterocycles. The largest absolute Gasteiger partial charge is 0.440 e. The van der Waals surface area contributed by atoms with Crippen molar-refractivity contribution < 1.29 is 18.7 Å². The van der Waals surface area contributed by atoms with Crippen molar-refractivity contribution in [1.29, 1.82) is 0 Å². The molecule has 1 aliphatic heterocycles. The lowest BCUT2D eigenvalue weighted by Gasteiger charge is -2.44. The molecule has 1 saturated heterocycles. The molecule has 10 heteroatoms. The molecule has 1 aliphatic carbocycles. The van der Waals surface area contributed by atoms with Crippen LogP contribution in [0.5, 0.6) is 0 Å². The lowest BCUT2D eigenvalue weighted by Crippen LogP contribution is -2.62. The van der Waals surface area contributed by atoms with Gasteiger partial charge >= 0.3 is 0 Å². The Morgan fingerprint density at radius 1 is 1.26 bits per heavy atom. The predicted molar refractivity (Wildman–Crippen MR) is 124 cm³/mol. The first-order chi connectivity index (χ1) is 16.9. The van der Waals surface area contributed by atoms with E-state index < -0.39 is 11.5 Å². The van der Waals surface area contributed by atoms with Crippen molar-refractivity contribution in [2.45, 2.75) is 37.5 Å². The quantitative estimate of drug-likeness (QED) is 0.410. The molecular weight excluding hydrogens is 453 g/mol. The van der Waals surface area contributed by atoms with E-state index in [1.165, 1.54) is 35.6 Å². The van der Waals surface area contributed by atoms with Gasteiger partial charge in [0.1, 0.15) is 12.1 Å². The Morgan fingerprint density at radius 2 is 2.06 bits per heavy atom. The molecule has 1 saturated carbocycles. The van der Waals surface area contributed by atoms with E-state index in [1.54, 1.807) is 29.0 Å². The molecule has 1 aromatic carbocycles. The molecule has 2 aliphatic rings. The van der Waals surface area contributed by atoms with Gasteiger partial charge in [-0.25, -0.2) is 14.4 Å². The van der Waals surface area contributed by atoms with Gasteiger partial charge in [-0.3, -0.25) is 14.2 Å². The SMILES string of the molecule is O=C(c1cnco1)C1C(C2CC2)NCCC1(O)Cn1cnc2c(ccn2-c2ccc(F)cc2)c1=O. The van der Waals surface area contributed by atoms with Crippen LogP contribution >= 0.6 is 0 Å². The highest BCUT2D eigenvalue weighted by Gasteiger charge is 2.53. The molecule has 180 valence electrons. The highest BCUT2D eigenvalue weighted by molar-refractivity contribution is 5.96. The van der Waals surface area contributed by atoms with E-state index in [9.17, 15) is 19.1 Å². The van der Waals surface area contributed by atoms with Crippen LogP contribution in [0.25, 0.3) is 16.7 Å². The number of nitrogens with zero attached hydrogens (tertiary/aromatic N) is 4. The van der Waals surface area contributed by atoms with Crippen LogP contribution in [0.4, 0.5) is 4.39 Å². The number of halogens is 1. The molecule has 3 atom stereocenters. The summed E-state index contributed by atoms with van der Waals surface area (Å²) < 4.78 is 21.7. The molecule has 9 nitrogen and oxygen atoms in total. The third-order valence-corrected chi connectivity index (χ3v) is 7.18. The molecule has 4 aromatic rings. The maximum Gasteiger partial charge on any atom is 0.262 e. The Bertz CT molecular complexity index is 1440. The van der Waals surface area contributed by atoms with Gasteiger partial charge in [-0.05, 0) is 62.1 Å². The number of rotatable bonds is 6. The number of hydrogen-bond donors (Lipinski definition) is 2. The third kappa shape index (κ3) is 3.78. The molecular formula is C25H24FN5O4. The fourth-order valence-electron chi connectivity index (χ4n) is 5.30. The Morgan fingerprint density at radius 3 is 2.77 bits per heavy atom. The standard InChI is InChI=1S/C25H24FN5O4/c26-16-3-5-17(6-4-16)31-10-7-18-23(31)29-13-30(24(18)33)12-25(34)8-9-28-21(15-1-2-15)20(25)22(32)19-11-27-14-35-19/h3-7,10-11,13-15,20-21,28,34H,1-2,8-9,12H2. The molecule has 2 N–H and O–H groups in total. The lowest BCUT2D eigenvalue weighted by molar-refractivity contribution is -0.0625. The Kier molecular flexibility index (Phi) is 5.15. The maximum absolute atomic E-state index is 13.4. The number of hydrogen-bond acceptors (Lipinski definition) is 7. The van der Waals surface area contributed by atoms with Crippen molar-refractivity contribution in [2.24, 2.45) is 11.8 Å². The van der Waals surface area contributed by atoms with Gasteiger partial charge in [-0.1, -0.05) is 0 Å². The fourth-order valence-corrected chi connectivity index (χ4v) is 5.30. The van der Waals surface area contributed by atoms with Gasteiger partial charge in [-0.15, -0.1) is 0 Å². The third-order valence-electron chi connectivity index (χ3n) is 7.18. The second-order valence-electron chi connectivity index (χ2n) is 9.46. The minimum absolute atomic E-state index is 0.0774. The smallest absolute Gasteiger partial charge is 0.262 e. The monoisotopic (exact) mass is 477 g/mol. The van der Waals surface area contributed by atoms with Crippen LogP contribution in [0.2, 0.25) is 0 Å². The van der Waals surface area contributed by atoms with Crippen LogP contribution in [0.3, 0.4) is 0 Å². The van der Waals surface area contributed by atoms with Crippen molar-refractivity contribution in [3.8, 4) is 5.69 Å². The first kappa shape index (κ1) is 21.9. The van der Waals surface area contributed by atoms with E-state index in [-0.39, 0.29) is 35.5 Å². The normalized spacial score (nSPS) is 24.6. The maximum atomic E-state index is 13.4. The molecule has 0 radical (unpaired) electrons. The summed E-state index contributed by atoms with van der Waals surface area (Å²) in [5.74, 6) is -1.07. The van der Waals surface area contributed by atoms with Crippen LogP contribution in [-0.2, 0) is 6.54 Å². The van der Waals surface area contributed by atoms with E-state index in [1.807, 2.05) is 0 Å². The first-order valence-corrected chi connectivity index (χ1v) is 11.7. The summed E-state index contributed by atoms with van der Waals surface area (Å²) in [5.41, 5.74) is -0.689. The molecule has 2 fully saturated rings. The number of aromatic nitrogens is 4. The van der Waals surface area contributed by atoms with Crippen molar-refractivity contribution >= 4 is 16.8 Å². The average molecular weight is 477 g/mol. The Hall–Kier alpha value is -3.63. The number of aliphatic hydroxyl groups is 1. The van der Waals surface area contributed by atoms with Crippen LogP contribution < -0.4 is 10.9 Å². The van der Waals surface area contributed by atoms with E-state index in [0.29, 0.717) is 35.6 Å². The van der Waals surface area contributed by atoms with Crippen molar-refractivity contribution in [2.75, 3.05) is 6.54 Å². The van der Waals surface area contributed by atoms with Crippen molar-refractivity contribution in [1.82, 2.24) is 24.4 Å². The van der Waals surface area contributed by atoms with Crippen molar-refractivity contribution in [3.63, 3.8) is 0 Å². The molecule has 6 rings (SSSR count). The number of carbonyl (C=O) groups is 1. The number of Topliss-reactive ketones (excluding diaryl/α,β-unsaturated/α-hetero) is 1. The molecule has 3 aromatic heterocycles. The first-order valence-electron chi connectivity index (χ1n) is 11.7. The van der Waals surface area contributed by atoms with E-state index >= 15 is 0 Å². The zero-order valence-electron chi connectivity index (χ0n) is 18.8. The summed E-state index contributed by atoms with van der Waals surface area (Å²) in [4.78, 5) is 35.1. The van der Waals surface area contributed by atoms with Gasteiger partial charge < -0.3 is 19.4 Å². The zero-order chi connectivity index (χ0) is 24.2. The molecule has 35 heavy (non-hydrogen) atoms. The number of oxazole rings is 1. The number of benzene rings is 1. The van der Waals surface area contributed by atoms with Gasteiger partial charge in [0.25, 0.3) is 5.56 Å². The number of fused-ring (bicyclic) bond motifs is 1. The number of ketones is 1. The summed E-state index contributed by atoms with van der Waals surface area (Å²) >= 11 is 0. The van der Waals surface area contributed by atoms with E-state index in [4.69, 9.17) is 4.42 Å². The van der Waals surface area contributed by atoms with Crippen LogP contribution in [0, 0.1) is 17.7 Å². The van der Waals surface area contributed by atoms with Gasteiger partial charge in [0.15, 0.2) is 17.8 Å². The molecule has 3 unspecified atom stereocenters. The molecule has 0 spiro atoms. The highest BCUT2D eigenvalue weighted by Crippen LogP contribution is 2.43. The number of nitrogens with one attached hydrogen (secondary N) is 1.